The molecule has 2 heterocycles. The van der Waals surface area contributed by atoms with Gasteiger partial charge in [-0.1, -0.05) is 23.7 Å². The number of anilines is 1. The van der Waals surface area contributed by atoms with Gasteiger partial charge in [0.1, 0.15) is 0 Å². The summed E-state index contributed by atoms with van der Waals surface area (Å²) < 4.78 is 337. The minimum atomic E-state index is -5.42. The molecule has 0 radical (unpaired) electrons. The molecule has 2 nitrogen and oxygen atoms in total. The Hall–Kier alpha value is -8.29. The highest BCUT2D eigenvalue weighted by atomic mass is 19.4. The number of benzene rings is 6. The molecular weight excluding hydrogens is 1170 g/mol. The molecule has 0 spiro atoms. The fraction of sp³-hybridized carbons (Fsp3) is 0.211. The van der Waals surface area contributed by atoms with Crippen LogP contribution in [-0.4, -0.2) is 17.1 Å². The van der Waals surface area contributed by atoms with Gasteiger partial charge in [0.2, 0.25) is 0 Å². The van der Waals surface area contributed by atoms with Crippen molar-refractivity contribution in [1.29, 1.82) is 0 Å². The lowest BCUT2D eigenvalue weighted by Crippen LogP contribution is -2.34. The maximum atomic E-state index is 14.1. The molecular formula is C57H28F24N2. The molecule has 1 aliphatic heterocycles. The van der Waals surface area contributed by atoms with E-state index in [0.29, 0.717) is 0 Å². The first kappa shape index (κ1) is 60.8. The van der Waals surface area contributed by atoms with Gasteiger partial charge < -0.3 is 4.90 Å². The number of hydrogen-bond acceptors (Lipinski definition) is 2. The van der Waals surface area contributed by atoms with Crippen molar-refractivity contribution in [2.45, 2.75) is 74.3 Å². The van der Waals surface area contributed by atoms with E-state index in [1.54, 1.807) is 0 Å². The number of nitrogens with zero attached hydrogens (tertiary/aromatic N) is 2. The maximum absolute atomic E-state index is 14.1. The van der Waals surface area contributed by atoms with Gasteiger partial charge in [0.25, 0.3) is 0 Å². The van der Waals surface area contributed by atoms with Crippen LogP contribution in [0.1, 0.15) is 68.5 Å². The van der Waals surface area contributed by atoms with Crippen LogP contribution < -0.4 is 4.90 Å². The average molecular weight is 1200 g/mol. The minimum absolute atomic E-state index is 0.0352. The summed E-state index contributed by atoms with van der Waals surface area (Å²) in [6.07, 6.45) is -40.9. The van der Waals surface area contributed by atoms with Gasteiger partial charge in [0, 0.05) is 29.2 Å². The summed E-state index contributed by atoms with van der Waals surface area (Å²) in [6.45, 7) is 0. The molecule has 0 unspecified atom stereocenters. The van der Waals surface area contributed by atoms with E-state index in [1.165, 1.54) is 29.4 Å². The molecule has 1 aromatic heterocycles. The van der Waals surface area contributed by atoms with Crippen molar-refractivity contribution in [3.63, 3.8) is 0 Å². The third kappa shape index (κ3) is 14.3. The number of aromatic nitrogens is 1. The van der Waals surface area contributed by atoms with Gasteiger partial charge in [0.05, 0.1) is 56.6 Å². The molecule has 83 heavy (non-hydrogen) atoms. The summed E-state index contributed by atoms with van der Waals surface area (Å²) in [4.78, 5) is 5.38. The van der Waals surface area contributed by atoms with Gasteiger partial charge >= 0.3 is 49.4 Å². The van der Waals surface area contributed by atoms with Crippen LogP contribution in [0.3, 0.4) is 0 Å². The highest BCUT2D eigenvalue weighted by molar-refractivity contribution is 5.79. The number of alkyl halides is 24. The Balaban J connectivity index is 1.29. The lowest BCUT2D eigenvalue weighted by atomic mass is 9.92. The fourth-order valence-electron chi connectivity index (χ4n) is 8.86. The van der Waals surface area contributed by atoms with Crippen molar-refractivity contribution >= 4 is 5.69 Å². The van der Waals surface area contributed by atoms with Crippen molar-refractivity contribution in [3.8, 4) is 68.2 Å². The van der Waals surface area contributed by atoms with Crippen LogP contribution in [-0.2, 0) is 49.4 Å². The van der Waals surface area contributed by atoms with Gasteiger partial charge in [-0.05, 0) is 179 Å². The maximum Gasteiger partial charge on any atom is 0.416 e. The number of hydrogen-bond donors (Lipinski definition) is 0. The van der Waals surface area contributed by atoms with E-state index in [1.807, 2.05) is 0 Å². The predicted molar refractivity (Wildman–Crippen MR) is 252 cm³/mol. The van der Waals surface area contributed by atoms with Crippen LogP contribution in [0.25, 0.3) is 44.5 Å². The molecule has 7 aromatic rings. The molecule has 1 fully saturated rings. The number of halogens is 24. The molecule has 6 aromatic carbocycles. The molecule has 0 saturated carbocycles. The smallest absolute Gasteiger partial charge is 0.344 e. The SMILES string of the molecule is FC(F)(F)c1cc(-c2cc(C#C[C@@H]3CC[C@@H](C#Cc4cc(-c5cc(C(F)(F)F)cc(C(F)(F)F)c5)cc(-c5cc(C(F)(F)F)cc(C(F)(F)F)c5)c4)N3c3ccncc3)cc(-c3cc(C(F)(F)F)cc(C(F)(F)F)c3)c2)cc(C(F)(F)F)c1. The highest BCUT2D eigenvalue weighted by Gasteiger charge is 2.42. The summed E-state index contributed by atoms with van der Waals surface area (Å²) in [5.74, 6) is 10.9. The van der Waals surface area contributed by atoms with Gasteiger partial charge in [-0.3, -0.25) is 4.98 Å². The van der Waals surface area contributed by atoms with Crippen molar-refractivity contribution in [1.82, 2.24) is 4.98 Å². The van der Waals surface area contributed by atoms with Crippen LogP contribution in [0.5, 0.6) is 0 Å². The first-order valence-corrected chi connectivity index (χ1v) is 23.3. The van der Waals surface area contributed by atoms with Crippen LogP contribution in [0, 0.1) is 23.7 Å². The van der Waals surface area contributed by atoms with E-state index in [2.05, 4.69) is 28.7 Å². The second-order valence-corrected chi connectivity index (χ2v) is 18.5. The Morgan fingerprint density at radius 3 is 0.699 bits per heavy atom. The molecule has 0 bridgehead atoms. The van der Waals surface area contributed by atoms with E-state index in [-0.39, 0.29) is 91.3 Å². The van der Waals surface area contributed by atoms with Crippen molar-refractivity contribution < 1.29 is 105 Å². The van der Waals surface area contributed by atoms with Crippen LogP contribution in [0.2, 0.25) is 0 Å². The summed E-state index contributed by atoms with van der Waals surface area (Å²) in [7, 11) is 0. The topological polar surface area (TPSA) is 16.1 Å². The summed E-state index contributed by atoms with van der Waals surface area (Å²) in [6, 6.07) is 6.81. The van der Waals surface area contributed by atoms with Crippen LogP contribution in [0.15, 0.2) is 134 Å². The summed E-state index contributed by atoms with van der Waals surface area (Å²) >= 11 is 0. The second kappa shape index (κ2) is 21.5. The van der Waals surface area contributed by atoms with Gasteiger partial charge in [-0.15, -0.1) is 0 Å². The van der Waals surface area contributed by atoms with E-state index >= 15 is 0 Å². The molecule has 1 aliphatic rings. The molecule has 1 saturated heterocycles. The monoisotopic (exact) mass is 1200 g/mol. The Kier molecular flexibility index (Phi) is 15.7. The predicted octanol–water partition coefficient (Wildman–Crippen LogP) is 19.3. The second-order valence-electron chi connectivity index (χ2n) is 18.5. The van der Waals surface area contributed by atoms with Gasteiger partial charge in [-0.25, -0.2) is 0 Å². The Labute approximate surface area is 452 Å². The van der Waals surface area contributed by atoms with E-state index in [4.69, 9.17) is 0 Å². The Morgan fingerprint density at radius 2 is 0.494 bits per heavy atom. The van der Waals surface area contributed by atoms with Gasteiger partial charge in [-0.2, -0.15) is 105 Å². The van der Waals surface area contributed by atoms with Crippen molar-refractivity contribution in [2.75, 3.05) is 4.90 Å². The molecule has 2 atom stereocenters. The third-order valence-corrected chi connectivity index (χ3v) is 12.7. The zero-order valence-corrected chi connectivity index (χ0v) is 40.7. The first-order chi connectivity index (χ1) is 38.1. The lowest BCUT2D eigenvalue weighted by molar-refractivity contribution is -0.144. The minimum Gasteiger partial charge on any atom is -0.344 e. The average Bonchev–Trinajstić information content (AvgIpc) is 4.00. The van der Waals surface area contributed by atoms with Crippen LogP contribution >= 0.6 is 0 Å². The van der Waals surface area contributed by atoms with Crippen molar-refractivity contribution in [2.24, 2.45) is 0 Å². The molecule has 26 heteroatoms. The summed E-state index contributed by atoms with van der Waals surface area (Å²) in [5, 5.41) is 0. The molecule has 0 aliphatic carbocycles. The normalized spacial score (nSPS) is 15.6. The molecule has 434 valence electrons. The van der Waals surface area contributed by atoms with Gasteiger partial charge in [0.15, 0.2) is 0 Å². The van der Waals surface area contributed by atoms with E-state index in [0.717, 1.165) is 36.4 Å². The standard InChI is InChI=1S/C57H28F24N2/c58-50(59,60)39-17-35(18-40(25-39)51(61,62)63)31-11-29(12-32(15-31)36-19-41(52(64,65)66)26-42(20-36)53(67,68)69)1-3-47-5-6-48(83(47)49-7-9-82-10-8-49)4-2-30-13-33(37-21-43(54(70,71)72)27-44(22-37)55(73,74)75)16-34(14-30)38-23-45(56(76,77)78)28-46(24-38)57(79,80)81/h7-28,47-48H,5-6H2/t47-,48-/m1/s1. The first-order valence-electron chi connectivity index (χ1n) is 23.3. The lowest BCUT2D eigenvalue weighted by Gasteiger charge is -2.27. The fourth-order valence-corrected chi connectivity index (χ4v) is 8.86. The molecule has 0 amide bonds. The third-order valence-electron chi connectivity index (χ3n) is 12.7. The van der Waals surface area contributed by atoms with E-state index in [9.17, 15) is 105 Å². The van der Waals surface area contributed by atoms with Crippen molar-refractivity contribution in [3.05, 3.63) is 189 Å². The van der Waals surface area contributed by atoms with Crippen LogP contribution in [0.4, 0.5) is 111 Å². The molecule has 0 N–H and O–H groups in total. The summed E-state index contributed by atoms with van der Waals surface area (Å²) in [5.41, 5.74) is -21.1. The zero-order valence-electron chi connectivity index (χ0n) is 40.7. The number of rotatable bonds is 5. The number of pyridine rings is 1. The largest absolute Gasteiger partial charge is 0.416 e. The molecule has 8 rings (SSSR count). The Bertz CT molecular complexity index is 3180. The quantitative estimate of drug-likeness (QED) is 0.126. The zero-order chi connectivity index (χ0) is 61.2. The van der Waals surface area contributed by atoms with E-state index < -0.39 is 162 Å². The Morgan fingerprint density at radius 1 is 0.289 bits per heavy atom. The highest BCUT2D eigenvalue weighted by Crippen LogP contribution is 2.45.